The van der Waals surface area contributed by atoms with Crippen molar-refractivity contribution in [3.05, 3.63) is 34.8 Å². The largest absolute Gasteiger partial charge is 0.325 e. The van der Waals surface area contributed by atoms with Gasteiger partial charge in [0.15, 0.2) is 0 Å². The van der Waals surface area contributed by atoms with Crippen LogP contribution < -0.4 is 10.6 Å². The highest BCUT2D eigenvalue weighted by Gasteiger charge is 2.07. The molecular weight excluding hydrogens is 248 g/mol. The smallest absolute Gasteiger partial charge is 0.308 e. The predicted octanol–water partition coefficient (Wildman–Crippen LogP) is 3.05. The molecule has 1 aromatic heterocycles. The first-order valence-electron chi connectivity index (χ1n) is 5.64. The molecule has 0 bridgehead atoms. The van der Waals surface area contributed by atoms with Gasteiger partial charge in [0.2, 0.25) is 5.13 Å². The van der Waals surface area contributed by atoms with Crippen molar-refractivity contribution in [1.82, 2.24) is 10.2 Å². The maximum atomic E-state index is 11.7. The van der Waals surface area contributed by atoms with Gasteiger partial charge in [-0.3, -0.25) is 5.32 Å². The number of aryl methyl sites for hydroxylation is 2. The molecule has 0 radical (unpaired) electrons. The van der Waals surface area contributed by atoms with Crippen molar-refractivity contribution in [2.75, 3.05) is 10.6 Å². The minimum atomic E-state index is -0.308. The van der Waals surface area contributed by atoms with E-state index in [1.807, 2.05) is 38.1 Å². The molecule has 0 aliphatic rings. The fourth-order valence-corrected chi connectivity index (χ4v) is 2.02. The van der Waals surface area contributed by atoms with Gasteiger partial charge in [-0.1, -0.05) is 36.0 Å². The maximum Gasteiger partial charge on any atom is 0.325 e. The zero-order valence-electron chi connectivity index (χ0n) is 10.2. The van der Waals surface area contributed by atoms with Gasteiger partial charge in [0.05, 0.1) is 0 Å². The third-order valence-electron chi connectivity index (χ3n) is 2.30. The first-order valence-corrected chi connectivity index (χ1v) is 6.46. The van der Waals surface area contributed by atoms with Crippen molar-refractivity contribution in [3.63, 3.8) is 0 Å². The molecular formula is C12H14N4OS. The van der Waals surface area contributed by atoms with E-state index in [4.69, 9.17) is 0 Å². The van der Waals surface area contributed by atoms with E-state index in [0.29, 0.717) is 5.13 Å². The zero-order chi connectivity index (χ0) is 13.0. The minimum absolute atomic E-state index is 0.308. The third-order valence-corrected chi connectivity index (χ3v) is 3.28. The number of anilines is 2. The van der Waals surface area contributed by atoms with Crippen LogP contribution in [-0.4, -0.2) is 16.2 Å². The van der Waals surface area contributed by atoms with Crippen LogP contribution in [0.25, 0.3) is 0 Å². The van der Waals surface area contributed by atoms with Gasteiger partial charge in [-0.15, -0.1) is 10.2 Å². The zero-order valence-corrected chi connectivity index (χ0v) is 11.0. The fourth-order valence-electron chi connectivity index (χ4n) is 1.34. The second-order valence-electron chi connectivity index (χ2n) is 3.80. The number of nitrogens with zero attached hydrogens (tertiary/aromatic N) is 2. The second-order valence-corrected chi connectivity index (χ2v) is 4.86. The lowest BCUT2D eigenvalue weighted by Crippen LogP contribution is -2.19. The van der Waals surface area contributed by atoms with Gasteiger partial charge in [-0.2, -0.15) is 0 Å². The van der Waals surface area contributed by atoms with E-state index in [0.717, 1.165) is 22.7 Å². The van der Waals surface area contributed by atoms with Gasteiger partial charge in [0, 0.05) is 5.69 Å². The Morgan fingerprint density at radius 2 is 1.94 bits per heavy atom. The van der Waals surface area contributed by atoms with Crippen LogP contribution in [0.15, 0.2) is 24.3 Å². The molecule has 0 aliphatic heterocycles. The van der Waals surface area contributed by atoms with Crippen LogP contribution in [0.5, 0.6) is 0 Å². The molecule has 2 N–H and O–H groups in total. The standard InChI is InChI=1S/C12H14N4OS/c1-3-10-15-16-12(18-10)14-11(17)13-9-6-4-8(2)5-7-9/h4-7H,3H2,1-2H3,(H2,13,14,16,17). The van der Waals surface area contributed by atoms with E-state index < -0.39 is 0 Å². The van der Waals surface area contributed by atoms with E-state index in [1.165, 1.54) is 11.3 Å². The number of carbonyl (C=O) groups is 1. The average molecular weight is 262 g/mol. The van der Waals surface area contributed by atoms with E-state index in [2.05, 4.69) is 20.8 Å². The minimum Gasteiger partial charge on any atom is -0.308 e. The molecule has 0 fully saturated rings. The number of urea groups is 1. The first kappa shape index (κ1) is 12.5. The molecule has 5 nitrogen and oxygen atoms in total. The molecule has 0 saturated carbocycles. The molecule has 0 unspecified atom stereocenters. The van der Waals surface area contributed by atoms with Crippen molar-refractivity contribution in [3.8, 4) is 0 Å². The SMILES string of the molecule is CCc1nnc(NC(=O)Nc2ccc(C)cc2)s1. The molecule has 0 spiro atoms. The summed E-state index contributed by atoms with van der Waals surface area (Å²) in [6, 6.07) is 7.28. The quantitative estimate of drug-likeness (QED) is 0.893. The summed E-state index contributed by atoms with van der Waals surface area (Å²) in [5.41, 5.74) is 1.90. The van der Waals surface area contributed by atoms with Crippen LogP contribution in [0.3, 0.4) is 0 Å². The molecule has 6 heteroatoms. The summed E-state index contributed by atoms with van der Waals surface area (Å²) < 4.78 is 0. The average Bonchev–Trinajstić information content (AvgIpc) is 2.79. The molecule has 2 aromatic rings. The van der Waals surface area contributed by atoms with Crippen LogP contribution >= 0.6 is 11.3 Å². The third kappa shape index (κ3) is 3.27. The Labute approximate surface area is 109 Å². The Morgan fingerprint density at radius 1 is 1.22 bits per heavy atom. The highest BCUT2D eigenvalue weighted by molar-refractivity contribution is 7.15. The number of nitrogens with one attached hydrogen (secondary N) is 2. The van der Waals surface area contributed by atoms with Gasteiger partial charge in [-0.25, -0.2) is 4.79 Å². The van der Waals surface area contributed by atoms with Crippen LogP contribution in [0.1, 0.15) is 17.5 Å². The molecule has 0 saturated heterocycles. The summed E-state index contributed by atoms with van der Waals surface area (Å²) >= 11 is 1.38. The number of amides is 2. The van der Waals surface area contributed by atoms with Gasteiger partial charge in [0.25, 0.3) is 0 Å². The summed E-state index contributed by atoms with van der Waals surface area (Å²) in [5, 5.41) is 14.6. The number of benzene rings is 1. The summed E-state index contributed by atoms with van der Waals surface area (Å²) in [6.45, 7) is 3.99. The van der Waals surface area contributed by atoms with Gasteiger partial charge in [-0.05, 0) is 25.5 Å². The van der Waals surface area contributed by atoms with Crippen molar-refractivity contribution in [2.24, 2.45) is 0 Å². The Morgan fingerprint density at radius 3 is 2.56 bits per heavy atom. The van der Waals surface area contributed by atoms with Gasteiger partial charge < -0.3 is 5.32 Å². The Kier molecular flexibility index (Phi) is 3.88. The predicted molar refractivity (Wildman–Crippen MR) is 73.1 cm³/mol. The van der Waals surface area contributed by atoms with Gasteiger partial charge >= 0.3 is 6.03 Å². The highest BCUT2D eigenvalue weighted by atomic mass is 32.1. The van der Waals surface area contributed by atoms with Crippen LogP contribution in [-0.2, 0) is 6.42 Å². The monoisotopic (exact) mass is 262 g/mol. The normalized spacial score (nSPS) is 10.1. The van der Waals surface area contributed by atoms with Crippen LogP contribution in [0.2, 0.25) is 0 Å². The highest BCUT2D eigenvalue weighted by Crippen LogP contribution is 2.16. The summed E-state index contributed by atoms with van der Waals surface area (Å²) in [5.74, 6) is 0. The van der Waals surface area contributed by atoms with Crippen molar-refractivity contribution in [2.45, 2.75) is 20.3 Å². The Balaban J connectivity index is 1.94. The van der Waals surface area contributed by atoms with E-state index in [9.17, 15) is 4.79 Å². The topological polar surface area (TPSA) is 66.9 Å². The lowest BCUT2D eigenvalue weighted by Gasteiger charge is -2.04. The first-order chi connectivity index (χ1) is 8.67. The lowest BCUT2D eigenvalue weighted by molar-refractivity contribution is 0.262. The second kappa shape index (κ2) is 5.59. The lowest BCUT2D eigenvalue weighted by atomic mass is 10.2. The van der Waals surface area contributed by atoms with Crippen molar-refractivity contribution in [1.29, 1.82) is 0 Å². The van der Waals surface area contributed by atoms with E-state index in [1.54, 1.807) is 0 Å². The van der Waals surface area contributed by atoms with Gasteiger partial charge in [0.1, 0.15) is 5.01 Å². The molecule has 2 rings (SSSR count). The molecule has 94 valence electrons. The van der Waals surface area contributed by atoms with Crippen molar-refractivity contribution < 1.29 is 4.79 Å². The maximum absolute atomic E-state index is 11.7. The molecule has 1 heterocycles. The Hall–Kier alpha value is -1.95. The molecule has 1 aromatic carbocycles. The van der Waals surface area contributed by atoms with Crippen LogP contribution in [0.4, 0.5) is 15.6 Å². The number of rotatable bonds is 3. The molecule has 18 heavy (non-hydrogen) atoms. The number of carbonyl (C=O) groups excluding carboxylic acids is 1. The van der Waals surface area contributed by atoms with E-state index >= 15 is 0 Å². The summed E-state index contributed by atoms with van der Waals surface area (Å²) in [6.07, 6.45) is 0.818. The number of hydrogen-bond donors (Lipinski definition) is 2. The van der Waals surface area contributed by atoms with E-state index in [-0.39, 0.29) is 6.03 Å². The summed E-state index contributed by atoms with van der Waals surface area (Å²) in [7, 11) is 0. The molecule has 0 atom stereocenters. The van der Waals surface area contributed by atoms with Crippen LogP contribution in [0, 0.1) is 6.92 Å². The Bertz CT molecular complexity index is 535. The number of aromatic nitrogens is 2. The molecule has 0 aliphatic carbocycles. The fraction of sp³-hybridized carbons (Fsp3) is 0.250. The summed E-state index contributed by atoms with van der Waals surface area (Å²) in [4.78, 5) is 11.7. The van der Waals surface area contributed by atoms with Crippen molar-refractivity contribution >= 4 is 28.2 Å². The molecule has 2 amide bonds. The number of hydrogen-bond acceptors (Lipinski definition) is 4.